The van der Waals surface area contributed by atoms with Crippen LogP contribution in [0.3, 0.4) is 0 Å². The summed E-state index contributed by atoms with van der Waals surface area (Å²) in [7, 11) is 0. The Labute approximate surface area is 111 Å². The highest BCUT2D eigenvalue weighted by molar-refractivity contribution is 5.69. The first-order chi connectivity index (χ1) is 9.25. The molecule has 2 heterocycles. The molecule has 5 heteroatoms. The number of H-pyrrole nitrogens is 1. The Morgan fingerprint density at radius 2 is 2.26 bits per heavy atom. The molecule has 0 saturated heterocycles. The summed E-state index contributed by atoms with van der Waals surface area (Å²) in [6, 6.07) is 9.68. The maximum Gasteiger partial charge on any atom is 0.410 e. The van der Waals surface area contributed by atoms with Gasteiger partial charge in [-0.25, -0.2) is 4.79 Å². The number of benzene rings is 1. The van der Waals surface area contributed by atoms with Crippen LogP contribution in [0.15, 0.2) is 36.5 Å². The van der Waals surface area contributed by atoms with Gasteiger partial charge in [0.15, 0.2) is 0 Å². The minimum absolute atomic E-state index is 0.0111. The van der Waals surface area contributed by atoms with Crippen LogP contribution >= 0.6 is 0 Å². The molecule has 3 rings (SSSR count). The number of aromatic nitrogens is 2. The van der Waals surface area contributed by atoms with E-state index in [4.69, 9.17) is 4.74 Å². The molecule has 0 spiro atoms. The Kier molecular flexibility index (Phi) is 2.95. The summed E-state index contributed by atoms with van der Waals surface area (Å²) < 4.78 is 5.34. The molecule has 98 valence electrons. The van der Waals surface area contributed by atoms with E-state index in [9.17, 15) is 4.79 Å². The zero-order valence-electron chi connectivity index (χ0n) is 10.7. The highest BCUT2D eigenvalue weighted by Gasteiger charge is 2.32. The normalized spacial score (nSPS) is 17.3. The lowest BCUT2D eigenvalue weighted by Gasteiger charge is -2.21. The van der Waals surface area contributed by atoms with Crippen molar-refractivity contribution in [3.05, 3.63) is 53.3 Å². The first kappa shape index (κ1) is 11.8. The SMILES string of the molecule is C[C@@H]1c2cn[nH]c2CN1C(=O)OCc1ccccc1. The van der Waals surface area contributed by atoms with E-state index in [1.54, 1.807) is 11.1 Å². The highest BCUT2D eigenvalue weighted by Crippen LogP contribution is 2.32. The average Bonchev–Trinajstić information content (AvgIpc) is 3.01. The number of hydrogen-bond donors (Lipinski definition) is 1. The zero-order chi connectivity index (χ0) is 13.2. The summed E-state index contributed by atoms with van der Waals surface area (Å²) in [5.74, 6) is 0. The summed E-state index contributed by atoms with van der Waals surface area (Å²) in [6.45, 7) is 2.81. The summed E-state index contributed by atoms with van der Waals surface area (Å²) in [6.07, 6.45) is 1.48. The number of amides is 1. The maximum absolute atomic E-state index is 12.1. The van der Waals surface area contributed by atoms with Gasteiger partial charge in [0.25, 0.3) is 0 Å². The van der Waals surface area contributed by atoms with Crippen molar-refractivity contribution in [1.82, 2.24) is 15.1 Å². The Morgan fingerprint density at radius 3 is 3.00 bits per heavy atom. The number of ether oxygens (including phenoxy) is 1. The van der Waals surface area contributed by atoms with Crippen LogP contribution in [0, 0.1) is 0 Å². The van der Waals surface area contributed by atoms with Gasteiger partial charge in [-0.1, -0.05) is 30.3 Å². The van der Waals surface area contributed by atoms with E-state index in [1.807, 2.05) is 37.3 Å². The standard InChI is InChI=1S/C14H15N3O2/c1-10-12-7-15-16-13(12)8-17(10)14(18)19-9-11-5-3-2-4-6-11/h2-7,10H,8-9H2,1H3,(H,15,16)/t10-/m1/s1. The van der Waals surface area contributed by atoms with E-state index >= 15 is 0 Å². The molecule has 1 aromatic carbocycles. The molecular weight excluding hydrogens is 242 g/mol. The molecule has 1 aromatic heterocycles. The van der Waals surface area contributed by atoms with E-state index in [-0.39, 0.29) is 12.1 Å². The van der Waals surface area contributed by atoms with Crippen molar-refractivity contribution in [2.45, 2.75) is 26.1 Å². The Bertz CT molecular complexity index is 579. The molecule has 0 saturated carbocycles. The van der Waals surface area contributed by atoms with Gasteiger partial charge >= 0.3 is 6.09 Å². The van der Waals surface area contributed by atoms with Crippen LogP contribution in [0.5, 0.6) is 0 Å². The van der Waals surface area contributed by atoms with Gasteiger partial charge in [-0.3, -0.25) is 10.00 Å². The van der Waals surface area contributed by atoms with Crippen molar-refractivity contribution < 1.29 is 9.53 Å². The van der Waals surface area contributed by atoms with Crippen molar-refractivity contribution in [2.75, 3.05) is 0 Å². The van der Waals surface area contributed by atoms with Gasteiger partial charge in [-0.05, 0) is 12.5 Å². The second-order valence-corrected chi connectivity index (χ2v) is 4.65. The Morgan fingerprint density at radius 1 is 1.47 bits per heavy atom. The fourth-order valence-corrected chi connectivity index (χ4v) is 2.31. The number of carbonyl (C=O) groups is 1. The van der Waals surface area contributed by atoms with Crippen LogP contribution in [0.4, 0.5) is 4.79 Å². The number of rotatable bonds is 2. The van der Waals surface area contributed by atoms with Crippen LogP contribution in [-0.4, -0.2) is 21.2 Å². The third-order valence-corrected chi connectivity index (χ3v) is 3.44. The first-order valence-corrected chi connectivity index (χ1v) is 6.25. The minimum atomic E-state index is -0.291. The molecule has 19 heavy (non-hydrogen) atoms. The molecule has 1 aliphatic heterocycles. The van der Waals surface area contributed by atoms with Gasteiger partial charge in [-0.2, -0.15) is 5.10 Å². The van der Waals surface area contributed by atoms with E-state index in [2.05, 4.69) is 10.2 Å². The largest absolute Gasteiger partial charge is 0.445 e. The number of fused-ring (bicyclic) bond motifs is 1. The number of nitrogens with zero attached hydrogens (tertiary/aromatic N) is 2. The third-order valence-electron chi connectivity index (χ3n) is 3.44. The molecular formula is C14H15N3O2. The van der Waals surface area contributed by atoms with Gasteiger partial charge in [0.05, 0.1) is 24.5 Å². The number of hydrogen-bond acceptors (Lipinski definition) is 3. The number of carbonyl (C=O) groups excluding carboxylic acids is 1. The fourth-order valence-electron chi connectivity index (χ4n) is 2.31. The number of nitrogens with one attached hydrogen (secondary N) is 1. The van der Waals surface area contributed by atoms with Crippen molar-refractivity contribution >= 4 is 6.09 Å². The van der Waals surface area contributed by atoms with Crippen molar-refractivity contribution in [3.8, 4) is 0 Å². The van der Waals surface area contributed by atoms with E-state index in [0.29, 0.717) is 13.2 Å². The lowest BCUT2D eigenvalue weighted by atomic mass is 10.2. The van der Waals surface area contributed by atoms with Crippen molar-refractivity contribution in [1.29, 1.82) is 0 Å². The second kappa shape index (κ2) is 4.76. The van der Waals surface area contributed by atoms with Crippen LogP contribution < -0.4 is 0 Å². The molecule has 1 amide bonds. The number of aromatic amines is 1. The van der Waals surface area contributed by atoms with Gasteiger partial charge < -0.3 is 4.74 Å². The summed E-state index contributed by atoms with van der Waals surface area (Å²) in [5.41, 5.74) is 3.05. The molecule has 1 N–H and O–H groups in total. The molecule has 0 bridgehead atoms. The maximum atomic E-state index is 12.1. The van der Waals surface area contributed by atoms with Crippen LogP contribution in [0.25, 0.3) is 0 Å². The third kappa shape index (κ3) is 2.19. The van der Waals surface area contributed by atoms with Gasteiger partial charge in [0.1, 0.15) is 6.61 Å². The smallest absolute Gasteiger partial charge is 0.410 e. The van der Waals surface area contributed by atoms with Crippen molar-refractivity contribution in [3.63, 3.8) is 0 Å². The van der Waals surface area contributed by atoms with Crippen LogP contribution in [-0.2, 0) is 17.9 Å². The predicted octanol–water partition coefficient (Wildman–Crippen LogP) is 2.62. The Hall–Kier alpha value is -2.30. The van der Waals surface area contributed by atoms with E-state index in [0.717, 1.165) is 16.8 Å². The highest BCUT2D eigenvalue weighted by atomic mass is 16.6. The molecule has 0 unspecified atom stereocenters. The van der Waals surface area contributed by atoms with Gasteiger partial charge in [-0.15, -0.1) is 0 Å². The van der Waals surface area contributed by atoms with Gasteiger partial charge in [0, 0.05) is 5.56 Å². The average molecular weight is 257 g/mol. The summed E-state index contributed by atoms with van der Waals surface area (Å²) >= 11 is 0. The zero-order valence-corrected chi connectivity index (χ0v) is 10.7. The monoisotopic (exact) mass is 257 g/mol. The lowest BCUT2D eigenvalue weighted by Crippen LogP contribution is -2.29. The quantitative estimate of drug-likeness (QED) is 0.899. The van der Waals surface area contributed by atoms with Crippen LogP contribution in [0.1, 0.15) is 29.8 Å². The molecule has 0 radical (unpaired) electrons. The first-order valence-electron chi connectivity index (χ1n) is 6.25. The Balaban J connectivity index is 1.62. The van der Waals surface area contributed by atoms with Crippen molar-refractivity contribution in [2.24, 2.45) is 0 Å². The molecule has 0 fully saturated rings. The molecule has 2 aromatic rings. The molecule has 5 nitrogen and oxygen atoms in total. The van der Waals surface area contributed by atoms with Gasteiger partial charge in [0.2, 0.25) is 0 Å². The lowest BCUT2D eigenvalue weighted by molar-refractivity contribution is 0.0854. The van der Waals surface area contributed by atoms with E-state index in [1.165, 1.54) is 0 Å². The second-order valence-electron chi connectivity index (χ2n) is 4.65. The predicted molar refractivity (Wildman–Crippen MR) is 69.2 cm³/mol. The topological polar surface area (TPSA) is 58.2 Å². The fraction of sp³-hybridized carbons (Fsp3) is 0.286. The molecule has 0 aliphatic carbocycles. The van der Waals surface area contributed by atoms with E-state index < -0.39 is 0 Å². The van der Waals surface area contributed by atoms with Crippen LogP contribution in [0.2, 0.25) is 0 Å². The summed E-state index contributed by atoms with van der Waals surface area (Å²) in [4.78, 5) is 13.8. The molecule has 1 atom stereocenters. The minimum Gasteiger partial charge on any atom is -0.445 e. The summed E-state index contributed by atoms with van der Waals surface area (Å²) in [5, 5.41) is 6.89. The molecule has 1 aliphatic rings.